The molecule has 0 saturated heterocycles. The molecule has 0 aliphatic rings. The summed E-state index contributed by atoms with van der Waals surface area (Å²) in [5.41, 5.74) is -0.0312. The number of benzene rings is 1. The number of rotatable bonds is 7. The number of pyridine rings is 1. The summed E-state index contributed by atoms with van der Waals surface area (Å²) in [5.74, 6) is -0.897. The van der Waals surface area contributed by atoms with Crippen LogP contribution in [0.4, 0.5) is 11.5 Å². The first-order valence-electron chi connectivity index (χ1n) is 7.55. The Hall–Kier alpha value is -2.32. The topological polar surface area (TPSA) is 99.6 Å². The number of hydrogen-bond acceptors (Lipinski definition) is 5. The summed E-state index contributed by atoms with van der Waals surface area (Å²) in [6.07, 6.45) is 1.29. The Labute approximate surface area is 151 Å². The van der Waals surface area contributed by atoms with E-state index in [1.54, 1.807) is 17.0 Å². The van der Waals surface area contributed by atoms with Gasteiger partial charge < -0.3 is 10.0 Å². The maximum atomic E-state index is 12.5. The van der Waals surface area contributed by atoms with E-state index in [9.17, 15) is 18.3 Å². The van der Waals surface area contributed by atoms with Crippen molar-refractivity contribution in [2.75, 3.05) is 22.7 Å². The zero-order valence-corrected chi connectivity index (χ0v) is 15.3. The lowest BCUT2D eigenvalue weighted by Crippen LogP contribution is -2.25. The number of halogens is 1. The molecule has 0 bridgehead atoms. The Morgan fingerprint density at radius 1 is 1.28 bits per heavy atom. The molecule has 25 heavy (non-hydrogen) atoms. The molecule has 2 N–H and O–H groups in total. The first-order chi connectivity index (χ1) is 11.8. The molecule has 0 radical (unpaired) electrons. The SMILES string of the molecule is CCN(CC)c1ncc(NS(=O)(=O)c2ccccc2Cl)cc1C(=O)O. The zero-order chi connectivity index (χ0) is 18.6. The number of aromatic nitrogens is 1. The van der Waals surface area contributed by atoms with Crippen LogP contribution in [0.1, 0.15) is 24.2 Å². The van der Waals surface area contributed by atoms with Gasteiger partial charge in [0.05, 0.1) is 16.9 Å². The summed E-state index contributed by atoms with van der Waals surface area (Å²) in [6, 6.07) is 7.23. The normalized spacial score (nSPS) is 11.2. The van der Waals surface area contributed by atoms with Crippen molar-refractivity contribution in [2.24, 2.45) is 0 Å². The van der Waals surface area contributed by atoms with Crippen molar-refractivity contribution in [1.82, 2.24) is 4.98 Å². The Kier molecular flexibility index (Phi) is 5.86. The molecular formula is C16H18ClN3O4S. The van der Waals surface area contributed by atoms with Crippen molar-refractivity contribution in [3.05, 3.63) is 47.1 Å². The van der Waals surface area contributed by atoms with Gasteiger partial charge in [-0.15, -0.1) is 0 Å². The van der Waals surface area contributed by atoms with Gasteiger partial charge in [0, 0.05) is 13.1 Å². The van der Waals surface area contributed by atoms with Crippen LogP contribution in [0.5, 0.6) is 0 Å². The van der Waals surface area contributed by atoms with E-state index in [4.69, 9.17) is 11.6 Å². The van der Waals surface area contributed by atoms with Crippen molar-refractivity contribution in [3.63, 3.8) is 0 Å². The molecule has 134 valence electrons. The molecule has 1 aromatic carbocycles. The van der Waals surface area contributed by atoms with Gasteiger partial charge >= 0.3 is 5.97 Å². The van der Waals surface area contributed by atoms with E-state index in [0.717, 1.165) is 0 Å². The van der Waals surface area contributed by atoms with Crippen molar-refractivity contribution in [2.45, 2.75) is 18.7 Å². The van der Waals surface area contributed by atoms with Crippen LogP contribution < -0.4 is 9.62 Å². The summed E-state index contributed by atoms with van der Waals surface area (Å²) < 4.78 is 27.2. The van der Waals surface area contributed by atoms with E-state index in [-0.39, 0.29) is 27.0 Å². The van der Waals surface area contributed by atoms with E-state index in [1.807, 2.05) is 13.8 Å². The van der Waals surface area contributed by atoms with Gasteiger partial charge in [-0.05, 0) is 32.0 Å². The maximum absolute atomic E-state index is 12.5. The van der Waals surface area contributed by atoms with Gasteiger partial charge in [-0.3, -0.25) is 4.72 Å². The monoisotopic (exact) mass is 383 g/mol. The third kappa shape index (κ3) is 4.21. The minimum Gasteiger partial charge on any atom is -0.478 e. The molecule has 0 saturated carbocycles. The van der Waals surface area contributed by atoms with E-state index in [2.05, 4.69) is 9.71 Å². The molecule has 0 aliphatic heterocycles. The van der Waals surface area contributed by atoms with Crippen LogP contribution >= 0.6 is 11.6 Å². The number of anilines is 2. The van der Waals surface area contributed by atoms with Crippen LogP contribution in [0.15, 0.2) is 41.4 Å². The number of carboxylic acids is 1. The highest BCUT2D eigenvalue weighted by Gasteiger charge is 2.21. The molecule has 2 aromatic rings. The molecule has 1 aromatic heterocycles. The predicted molar refractivity (Wildman–Crippen MR) is 97.0 cm³/mol. The molecule has 0 fully saturated rings. The first-order valence-corrected chi connectivity index (χ1v) is 9.41. The lowest BCUT2D eigenvalue weighted by Gasteiger charge is -2.22. The second-order valence-corrected chi connectivity index (χ2v) is 7.17. The number of nitrogens with one attached hydrogen (secondary N) is 1. The van der Waals surface area contributed by atoms with E-state index in [1.165, 1.54) is 24.4 Å². The number of carbonyl (C=O) groups is 1. The Balaban J connectivity index is 2.43. The first kappa shape index (κ1) is 19.0. The standard InChI is InChI=1S/C16H18ClN3O4S/c1-3-20(4-2)15-12(16(21)22)9-11(10-18-15)19-25(23,24)14-8-6-5-7-13(14)17/h5-10,19H,3-4H2,1-2H3,(H,21,22). The molecule has 1 heterocycles. The smallest absolute Gasteiger partial charge is 0.339 e. The summed E-state index contributed by atoms with van der Waals surface area (Å²) >= 11 is 5.93. The van der Waals surface area contributed by atoms with E-state index < -0.39 is 16.0 Å². The lowest BCUT2D eigenvalue weighted by atomic mass is 10.2. The Morgan fingerprint density at radius 3 is 2.48 bits per heavy atom. The molecule has 0 spiro atoms. The van der Waals surface area contributed by atoms with Gasteiger partial charge in [-0.2, -0.15) is 0 Å². The molecule has 0 unspecified atom stereocenters. The largest absolute Gasteiger partial charge is 0.478 e. The molecule has 0 atom stereocenters. The van der Waals surface area contributed by atoms with Gasteiger partial charge in [-0.1, -0.05) is 23.7 Å². The van der Waals surface area contributed by atoms with Crippen molar-refractivity contribution in [1.29, 1.82) is 0 Å². The highest BCUT2D eigenvalue weighted by atomic mass is 35.5. The molecule has 7 nitrogen and oxygen atoms in total. The Bertz CT molecular complexity index is 883. The van der Waals surface area contributed by atoms with Crippen LogP contribution in [0.2, 0.25) is 5.02 Å². The second kappa shape index (κ2) is 7.71. The number of carboxylic acid groups (broad SMARTS) is 1. The highest BCUT2D eigenvalue weighted by molar-refractivity contribution is 7.92. The number of nitrogens with zero attached hydrogens (tertiary/aromatic N) is 2. The molecular weight excluding hydrogens is 366 g/mol. The number of hydrogen-bond donors (Lipinski definition) is 2. The fourth-order valence-electron chi connectivity index (χ4n) is 2.32. The summed E-state index contributed by atoms with van der Waals surface area (Å²) in [5, 5.41) is 9.50. The lowest BCUT2D eigenvalue weighted by molar-refractivity contribution is 0.0697. The average Bonchev–Trinajstić information content (AvgIpc) is 2.56. The molecule has 0 amide bonds. The predicted octanol–water partition coefficient (Wildman–Crippen LogP) is 3.08. The van der Waals surface area contributed by atoms with E-state index in [0.29, 0.717) is 13.1 Å². The zero-order valence-electron chi connectivity index (χ0n) is 13.7. The fraction of sp³-hybridized carbons (Fsp3) is 0.250. The number of sulfonamides is 1. The van der Waals surface area contributed by atoms with Crippen molar-refractivity contribution in [3.8, 4) is 0 Å². The van der Waals surface area contributed by atoms with Crippen LogP contribution in [0, 0.1) is 0 Å². The van der Waals surface area contributed by atoms with Crippen molar-refractivity contribution >= 4 is 39.1 Å². The van der Waals surface area contributed by atoms with Crippen LogP contribution in [-0.4, -0.2) is 37.6 Å². The van der Waals surface area contributed by atoms with Gasteiger partial charge in [0.15, 0.2) is 0 Å². The van der Waals surface area contributed by atoms with Gasteiger partial charge in [0.25, 0.3) is 10.0 Å². The quantitative estimate of drug-likeness (QED) is 0.762. The Morgan fingerprint density at radius 2 is 1.92 bits per heavy atom. The molecule has 0 aliphatic carbocycles. The van der Waals surface area contributed by atoms with Gasteiger partial charge in [0.2, 0.25) is 0 Å². The minimum atomic E-state index is -3.96. The number of aromatic carboxylic acids is 1. The second-order valence-electron chi connectivity index (χ2n) is 5.11. The van der Waals surface area contributed by atoms with Crippen LogP contribution in [-0.2, 0) is 10.0 Å². The third-order valence-corrected chi connectivity index (χ3v) is 5.42. The fourth-order valence-corrected chi connectivity index (χ4v) is 3.87. The highest BCUT2D eigenvalue weighted by Crippen LogP contribution is 2.26. The third-order valence-electron chi connectivity index (χ3n) is 3.54. The summed E-state index contributed by atoms with van der Waals surface area (Å²) in [6.45, 7) is 4.92. The summed E-state index contributed by atoms with van der Waals surface area (Å²) in [7, 11) is -3.96. The maximum Gasteiger partial charge on any atom is 0.339 e. The van der Waals surface area contributed by atoms with Gasteiger partial charge in [-0.25, -0.2) is 18.2 Å². The molecule has 2 rings (SSSR count). The van der Waals surface area contributed by atoms with Crippen LogP contribution in [0.25, 0.3) is 0 Å². The average molecular weight is 384 g/mol. The molecule has 9 heteroatoms. The van der Waals surface area contributed by atoms with Crippen LogP contribution in [0.3, 0.4) is 0 Å². The summed E-state index contributed by atoms with van der Waals surface area (Å²) in [4.78, 5) is 17.3. The minimum absolute atomic E-state index is 0.0493. The van der Waals surface area contributed by atoms with E-state index >= 15 is 0 Å². The van der Waals surface area contributed by atoms with Gasteiger partial charge in [0.1, 0.15) is 16.3 Å². The van der Waals surface area contributed by atoms with Crippen molar-refractivity contribution < 1.29 is 18.3 Å².